The van der Waals surface area contributed by atoms with Crippen molar-refractivity contribution >= 4 is 28.7 Å². The van der Waals surface area contributed by atoms with E-state index in [1.165, 1.54) is 0 Å². The minimum absolute atomic E-state index is 0.0159. The van der Waals surface area contributed by atoms with Crippen molar-refractivity contribution in [2.45, 2.75) is 57.5 Å². The second-order valence-electron chi connectivity index (χ2n) is 10.7. The van der Waals surface area contributed by atoms with E-state index in [0.29, 0.717) is 32.1 Å². The summed E-state index contributed by atoms with van der Waals surface area (Å²) in [7, 11) is 0. The molecule has 8 nitrogen and oxygen atoms in total. The zero-order chi connectivity index (χ0) is 30.3. The number of H-pyrrole nitrogens is 1. The van der Waals surface area contributed by atoms with Crippen LogP contribution in [0.1, 0.15) is 43.7 Å². The number of para-hydroxylation sites is 1. The van der Waals surface area contributed by atoms with Crippen LogP contribution in [0.4, 0.5) is 0 Å². The maximum atomic E-state index is 13.4. The Kier molecular flexibility index (Phi) is 13.0. The van der Waals surface area contributed by atoms with Crippen LogP contribution in [0.2, 0.25) is 0 Å². The van der Waals surface area contributed by atoms with Crippen LogP contribution in [-0.4, -0.2) is 53.2 Å². The number of aliphatic hydroxyl groups is 1. The van der Waals surface area contributed by atoms with Gasteiger partial charge in [-0.25, -0.2) is 0 Å². The van der Waals surface area contributed by atoms with Crippen LogP contribution in [0.25, 0.3) is 10.9 Å². The van der Waals surface area contributed by atoms with Gasteiger partial charge in [0.15, 0.2) is 0 Å². The van der Waals surface area contributed by atoms with Gasteiger partial charge in [0.05, 0.1) is 24.5 Å². The van der Waals surface area contributed by atoms with Crippen molar-refractivity contribution in [1.29, 1.82) is 0 Å². The summed E-state index contributed by atoms with van der Waals surface area (Å²) in [5.74, 6) is -1.98. The predicted molar refractivity (Wildman–Crippen MR) is 166 cm³/mol. The normalized spacial score (nSPS) is 13.9. The monoisotopic (exact) mass is 573 g/mol. The van der Waals surface area contributed by atoms with Crippen molar-refractivity contribution in [2.24, 2.45) is 11.8 Å². The van der Waals surface area contributed by atoms with Gasteiger partial charge in [-0.05, 0) is 56.2 Å². The maximum absolute atomic E-state index is 13.4. The number of rotatable bonds is 18. The lowest BCUT2D eigenvalue weighted by atomic mass is 9.95. The SMILES string of the molecule is C=CCCC(Cc1ccccc1)C(=O)OCC(Cc1c[nH]c2ccccc12)NC(=O)C(CC=C)CC(=O)NC(C)CO. The minimum Gasteiger partial charge on any atom is -0.463 e. The molecule has 4 unspecified atom stereocenters. The predicted octanol–water partition coefficient (Wildman–Crippen LogP) is 4.64. The number of allylic oxidation sites excluding steroid dienone is 2. The zero-order valence-electron chi connectivity index (χ0n) is 24.4. The average molecular weight is 574 g/mol. The smallest absolute Gasteiger partial charge is 0.309 e. The molecule has 8 heteroatoms. The van der Waals surface area contributed by atoms with E-state index in [0.717, 1.165) is 22.0 Å². The van der Waals surface area contributed by atoms with Gasteiger partial charge in [0, 0.05) is 29.6 Å². The van der Waals surface area contributed by atoms with E-state index in [4.69, 9.17) is 4.74 Å². The largest absolute Gasteiger partial charge is 0.463 e. The highest BCUT2D eigenvalue weighted by atomic mass is 16.5. The summed E-state index contributed by atoms with van der Waals surface area (Å²) in [4.78, 5) is 42.5. The molecule has 224 valence electrons. The van der Waals surface area contributed by atoms with E-state index in [1.807, 2.05) is 60.8 Å². The first-order chi connectivity index (χ1) is 20.3. The third kappa shape index (κ3) is 10.0. The Labute approximate surface area is 248 Å². The number of aromatic nitrogens is 1. The number of benzene rings is 2. The molecule has 0 radical (unpaired) electrons. The number of amides is 2. The van der Waals surface area contributed by atoms with Gasteiger partial charge in [-0.3, -0.25) is 14.4 Å². The molecule has 1 aromatic heterocycles. The average Bonchev–Trinajstić information content (AvgIpc) is 3.40. The number of aromatic amines is 1. The van der Waals surface area contributed by atoms with E-state index in [1.54, 1.807) is 19.1 Å². The number of hydrogen-bond donors (Lipinski definition) is 4. The van der Waals surface area contributed by atoms with Crippen molar-refractivity contribution in [1.82, 2.24) is 15.6 Å². The molecular weight excluding hydrogens is 530 g/mol. The molecule has 0 aliphatic heterocycles. The highest BCUT2D eigenvalue weighted by Gasteiger charge is 2.27. The molecule has 4 N–H and O–H groups in total. The molecule has 0 saturated heterocycles. The molecule has 0 saturated carbocycles. The molecule has 3 aromatic rings. The minimum atomic E-state index is -0.659. The number of esters is 1. The number of hydrogen-bond acceptors (Lipinski definition) is 5. The lowest BCUT2D eigenvalue weighted by Crippen LogP contribution is -2.45. The van der Waals surface area contributed by atoms with Crippen LogP contribution in [0.5, 0.6) is 0 Å². The summed E-state index contributed by atoms with van der Waals surface area (Å²) in [6.45, 7) is 9.02. The second kappa shape index (κ2) is 16.9. The fourth-order valence-corrected chi connectivity index (χ4v) is 4.95. The van der Waals surface area contributed by atoms with Crippen molar-refractivity contribution in [3.63, 3.8) is 0 Å². The summed E-state index contributed by atoms with van der Waals surface area (Å²) in [6, 6.07) is 16.8. The molecule has 4 atom stereocenters. The number of ether oxygens (including phenoxy) is 1. The Morgan fingerprint density at radius 1 is 0.976 bits per heavy atom. The molecule has 2 amide bonds. The van der Waals surface area contributed by atoms with Crippen LogP contribution in [-0.2, 0) is 32.0 Å². The van der Waals surface area contributed by atoms with Gasteiger partial charge in [-0.1, -0.05) is 60.7 Å². The Hall–Kier alpha value is -4.17. The topological polar surface area (TPSA) is 121 Å². The fraction of sp³-hybridized carbons (Fsp3) is 0.382. The lowest BCUT2D eigenvalue weighted by Gasteiger charge is -2.24. The molecular formula is C34H43N3O5. The summed E-state index contributed by atoms with van der Waals surface area (Å²) >= 11 is 0. The maximum Gasteiger partial charge on any atom is 0.309 e. The van der Waals surface area contributed by atoms with Crippen LogP contribution < -0.4 is 10.6 Å². The summed E-state index contributed by atoms with van der Waals surface area (Å²) in [5.41, 5.74) is 3.00. The van der Waals surface area contributed by atoms with Gasteiger partial charge >= 0.3 is 5.97 Å². The van der Waals surface area contributed by atoms with Gasteiger partial charge in [0.25, 0.3) is 0 Å². The summed E-state index contributed by atoms with van der Waals surface area (Å²) in [5, 5.41) is 16.0. The van der Waals surface area contributed by atoms with E-state index >= 15 is 0 Å². The van der Waals surface area contributed by atoms with Crippen molar-refractivity contribution < 1.29 is 24.2 Å². The first-order valence-corrected chi connectivity index (χ1v) is 14.5. The first kappa shape index (κ1) is 32.3. The zero-order valence-corrected chi connectivity index (χ0v) is 24.4. The van der Waals surface area contributed by atoms with Crippen LogP contribution in [0, 0.1) is 11.8 Å². The molecule has 0 fully saturated rings. The van der Waals surface area contributed by atoms with Crippen LogP contribution in [0.15, 0.2) is 86.1 Å². The van der Waals surface area contributed by atoms with Gasteiger partial charge in [-0.2, -0.15) is 0 Å². The summed E-state index contributed by atoms with van der Waals surface area (Å²) < 4.78 is 5.86. The number of carbonyl (C=O) groups excluding carboxylic acids is 3. The Morgan fingerprint density at radius 3 is 2.43 bits per heavy atom. The Bertz CT molecular complexity index is 1320. The van der Waals surface area contributed by atoms with E-state index in [9.17, 15) is 19.5 Å². The standard InChI is InChI=1S/C34H43N3O5/c1-4-6-15-27(18-25-13-8-7-9-14-25)34(41)42-23-29(19-28-21-35-31-17-11-10-16-30(28)31)37-33(40)26(12-5-2)20-32(39)36-24(3)22-38/h4-5,7-11,13-14,16-17,21,24,26-27,29,35,38H,1-2,6,12,15,18-20,22-23H2,3H3,(H,36,39)(H,37,40). The molecule has 0 bridgehead atoms. The Balaban J connectivity index is 1.76. The summed E-state index contributed by atoms with van der Waals surface area (Å²) in [6.07, 6.45) is 7.82. The van der Waals surface area contributed by atoms with E-state index < -0.39 is 18.0 Å². The van der Waals surface area contributed by atoms with Gasteiger partial charge < -0.3 is 25.5 Å². The highest BCUT2D eigenvalue weighted by molar-refractivity contribution is 5.86. The lowest BCUT2D eigenvalue weighted by molar-refractivity contribution is -0.150. The van der Waals surface area contributed by atoms with E-state index in [2.05, 4.69) is 28.8 Å². The first-order valence-electron chi connectivity index (χ1n) is 14.5. The van der Waals surface area contributed by atoms with Crippen LogP contribution in [0.3, 0.4) is 0 Å². The molecule has 2 aromatic carbocycles. The van der Waals surface area contributed by atoms with Gasteiger partial charge in [-0.15, -0.1) is 13.2 Å². The number of aliphatic hydroxyl groups excluding tert-OH is 1. The molecule has 3 rings (SSSR count). The highest BCUT2D eigenvalue weighted by Crippen LogP contribution is 2.21. The van der Waals surface area contributed by atoms with Crippen molar-refractivity contribution in [3.8, 4) is 0 Å². The third-order valence-electron chi connectivity index (χ3n) is 7.23. The van der Waals surface area contributed by atoms with Crippen LogP contribution >= 0.6 is 0 Å². The molecule has 42 heavy (non-hydrogen) atoms. The quantitative estimate of drug-likeness (QED) is 0.131. The number of nitrogens with one attached hydrogen (secondary N) is 3. The van der Waals surface area contributed by atoms with E-state index in [-0.39, 0.29) is 43.3 Å². The van der Waals surface area contributed by atoms with Gasteiger partial charge in [0.1, 0.15) is 6.61 Å². The fourth-order valence-electron chi connectivity index (χ4n) is 4.95. The van der Waals surface area contributed by atoms with Gasteiger partial charge in [0.2, 0.25) is 11.8 Å². The van der Waals surface area contributed by atoms with Crippen molar-refractivity contribution in [2.75, 3.05) is 13.2 Å². The molecule has 0 spiro atoms. The molecule has 1 heterocycles. The molecule has 0 aliphatic rings. The third-order valence-corrected chi connectivity index (χ3v) is 7.23. The second-order valence-corrected chi connectivity index (χ2v) is 10.7. The van der Waals surface area contributed by atoms with Crippen molar-refractivity contribution in [3.05, 3.63) is 97.2 Å². The number of fused-ring (bicyclic) bond motifs is 1. The molecule has 0 aliphatic carbocycles. The Morgan fingerprint density at radius 2 is 1.71 bits per heavy atom. The number of carbonyl (C=O) groups is 3.